The molecule has 0 atom stereocenters. The van der Waals surface area contributed by atoms with Crippen LogP contribution >= 0.6 is 0 Å². The van der Waals surface area contributed by atoms with Gasteiger partial charge in [-0.05, 0) is 34.2 Å². The summed E-state index contributed by atoms with van der Waals surface area (Å²) in [6.07, 6.45) is 1.69. The topological polar surface area (TPSA) is 114 Å². The molecule has 0 amide bonds. The Labute approximate surface area is 189 Å². The quantitative estimate of drug-likeness (QED) is 0.417. The van der Waals surface area contributed by atoms with E-state index in [9.17, 15) is 9.59 Å². The summed E-state index contributed by atoms with van der Waals surface area (Å²) in [5, 5.41) is 16.2. The number of aromatic nitrogens is 6. The van der Waals surface area contributed by atoms with Gasteiger partial charge in [-0.1, -0.05) is 48.5 Å². The third kappa shape index (κ3) is 4.13. The van der Waals surface area contributed by atoms with Gasteiger partial charge in [-0.2, -0.15) is 5.10 Å². The zero-order valence-corrected chi connectivity index (χ0v) is 18.2. The minimum absolute atomic E-state index is 0.0292. The fourth-order valence-electron chi connectivity index (χ4n) is 3.34. The fraction of sp³-hybridized carbons (Fsp3) is 0.130. The smallest absolute Gasteiger partial charge is 0.357 e. The number of esters is 2. The number of carbonyl (C=O) groups is 2. The van der Waals surface area contributed by atoms with Gasteiger partial charge in [-0.25, -0.2) is 19.0 Å². The van der Waals surface area contributed by atoms with Crippen molar-refractivity contribution in [3.05, 3.63) is 89.0 Å². The summed E-state index contributed by atoms with van der Waals surface area (Å²) < 4.78 is 12.9. The maximum atomic E-state index is 13.0. The van der Waals surface area contributed by atoms with Crippen molar-refractivity contribution in [1.29, 1.82) is 0 Å². The lowest BCUT2D eigenvalue weighted by atomic mass is 9.98. The number of para-hydroxylation sites is 1. The molecule has 0 unspecified atom stereocenters. The van der Waals surface area contributed by atoms with Gasteiger partial charge in [0.05, 0.1) is 19.9 Å². The van der Waals surface area contributed by atoms with Gasteiger partial charge in [0.25, 0.3) is 0 Å². The monoisotopic (exact) mass is 444 g/mol. The number of nitrogens with zero attached hydrogens (tertiary/aromatic N) is 6. The molecule has 33 heavy (non-hydrogen) atoms. The molecule has 4 rings (SSSR count). The predicted octanol–water partition coefficient (Wildman–Crippen LogP) is 2.56. The van der Waals surface area contributed by atoms with Crippen molar-refractivity contribution in [2.45, 2.75) is 0 Å². The molecule has 166 valence electrons. The van der Waals surface area contributed by atoms with Gasteiger partial charge in [-0.15, -0.1) is 5.10 Å². The highest BCUT2D eigenvalue weighted by molar-refractivity contribution is 6.08. The summed E-state index contributed by atoms with van der Waals surface area (Å²) in [4.78, 5) is 25.8. The van der Waals surface area contributed by atoms with E-state index in [-0.39, 0.29) is 17.0 Å². The third-order valence-corrected chi connectivity index (χ3v) is 4.92. The Bertz CT molecular complexity index is 1330. The second-order valence-corrected chi connectivity index (χ2v) is 6.89. The van der Waals surface area contributed by atoms with Crippen LogP contribution in [0.5, 0.6) is 0 Å². The number of hydrogen-bond acceptors (Lipinski definition) is 8. The number of hydrogen-bond donors (Lipinski definition) is 0. The molecule has 0 N–H and O–H groups in total. The molecule has 0 saturated carbocycles. The molecule has 2 heterocycles. The van der Waals surface area contributed by atoms with Crippen LogP contribution in [0, 0.1) is 0 Å². The van der Waals surface area contributed by atoms with E-state index in [2.05, 4.69) is 20.6 Å². The van der Waals surface area contributed by atoms with Crippen LogP contribution in [0.4, 0.5) is 0 Å². The first kappa shape index (κ1) is 21.6. The lowest BCUT2D eigenvalue weighted by Gasteiger charge is -2.08. The molecule has 0 aliphatic carbocycles. The largest absolute Gasteiger partial charge is 0.465 e. The Hall–Kier alpha value is -4.60. The van der Waals surface area contributed by atoms with Crippen molar-refractivity contribution in [3.63, 3.8) is 0 Å². The number of carbonyl (C=O) groups excluding carboxylic acids is 2. The Kier molecular flexibility index (Phi) is 6.07. The molecule has 2 aromatic heterocycles. The Morgan fingerprint density at radius 3 is 2.12 bits per heavy atom. The molecule has 0 fully saturated rings. The van der Waals surface area contributed by atoms with E-state index >= 15 is 0 Å². The number of ether oxygens (including phenoxy) is 2. The SMILES string of the molecule is COC(=O)c1c(/C(=C/c2nnnn2C)c2ccccc2)nn(-c2ccccc2)c1C(=O)OC. The number of methoxy groups -OCH3 is 2. The maximum Gasteiger partial charge on any atom is 0.357 e. The highest BCUT2D eigenvalue weighted by Crippen LogP contribution is 2.31. The van der Waals surface area contributed by atoms with Crippen LogP contribution in [0.3, 0.4) is 0 Å². The zero-order chi connectivity index (χ0) is 23.4. The standard InChI is InChI=1S/C23H20N6O4/c1-28-18(24-26-27-28)14-17(15-10-6-4-7-11-15)20-19(22(30)32-2)21(23(31)33-3)29(25-20)16-12-8-5-9-13-16/h4-14H,1-3H3/b17-14+. The molecule has 0 radical (unpaired) electrons. The maximum absolute atomic E-state index is 13.0. The average Bonchev–Trinajstić information content (AvgIpc) is 3.46. The molecule has 0 saturated heterocycles. The van der Waals surface area contributed by atoms with Crippen molar-refractivity contribution >= 4 is 23.6 Å². The first-order valence-corrected chi connectivity index (χ1v) is 9.90. The van der Waals surface area contributed by atoms with Crippen LogP contribution in [0.25, 0.3) is 17.3 Å². The van der Waals surface area contributed by atoms with Crippen LogP contribution in [-0.2, 0) is 16.5 Å². The second kappa shape index (κ2) is 9.27. The number of benzene rings is 2. The number of rotatable bonds is 6. The summed E-state index contributed by atoms with van der Waals surface area (Å²) in [5.74, 6) is -1.03. The molecule has 4 aromatic rings. The number of aryl methyl sites for hydroxylation is 1. The van der Waals surface area contributed by atoms with E-state index in [4.69, 9.17) is 9.47 Å². The first-order chi connectivity index (χ1) is 16.0. The van der Waals surface area contributed by atoms with Gasteiger partial charge in [0.2, 0.25) is 0 Å². The van der Waals surface area contributed by atoms with Crippen molar-refractivity contribution < 1.29 is 19.1 Å². The molecule has 0 spiro atoms. The summed E-state index contributed by atoms with van der Waals surface area (Å²) in [7, 11) is 4.17. The van der Waals surface area contributed by atoms with E-state index in [1.54, 1.807) is 37.4 Å². The summed E-state index contributed by atoms with van der Waals surface area (Å²) in [6, 6.07) is 18.3. The van der Waals surface area contributed by atoms with Gasteiger partial charge < -0.3 is 9.47 Å². The van der Waals surface area contributed by atoms with E-state index < -0.39 is 11.9 Å². The molecular weight excluding hydrogens is 424 g/mol. The van der Waals surface area contributed by atoms with Crippen LogP contribution in [-0.4, -0.2) is 56.1 Å². The minimum Gasteiger partial charge on any atom is -0.465 e. The van der Waals surface area contributed by atoms with E-state index in [1.165, 1.54) is 23.6 Å². The lowest BCUT2D eigenvalue weighted by Crippen LogP contribution is -2.15. The van der Waals surface area contributed by atoms with Gasteiger partial charge in [0.15, 0.2) is 11.5 Å². The van der Waals surface area contributed by atoms with Gasteiger partial charge >= 0.3 is 11.9 Å². The van der Waals surface area contributed by atoms with Crippen LogP contribution < -0.4 is 0 Å². The first-order valence-electron chi connectivity index (χ1n) is 9.90. The average molecular weight is 444 g/mol. The summed E-state index contributed by atoms with van der Waals surface area (Å²) in [6.45, 7) is 0. The number of tetrazole rings is 1. The van der Waals surface area contributed by atoms with Crippen LogP contribution in [0.1, 0.15) is 37.9 Å². The lowest BCUT2D eigenvalue weighted by molar-refractivity contribution is 0.0549. The highest BCUT2D eigenvalue weighted by atomic mass is 16.5. The van der Waals surface area contributed by atoms with Gasteiger partial charge in [0.1, 0.15) is 11.3 Å². The van der Waals surface area contributed by atoms with Crippen LogP contribution in [0.15, 0.2) is 60.7 Å². The fourth-order valence-corrected chi connectivity index (χ4v) is 3.34. The van der Waals surface area contributed by atoms with E-state index in [0.29, 0.717) is 17.1 Å². The molecule has 0 aliphatic rings. The van der Waals surface area contributed by atoms with Crippen LogP contribution in [0.2, 0.25) is 0 Å². The normalized spacial score (nSPS) is 11.3. The Morgan fingerprint density at radius 2 is 1.55 bits per heavy atom. The molecule has 10 heteroatoms. The zero-order valence-electron chi connectivity index (χ0n) is 18.2. The molecule has 0 bridgehead atoms. The van der Waals surface area contributed by atoms with Gasteiger partial charge in [-0.3, -0.25) is 0 Å². The Balaban J connectivity index is 2.08. The van der Waals surface area contributed by atoms with Crippen molar-refractivity contribution in [2.24, 2.45) is 7.05 Å². The molecule has 10 nitrogen and oxygen atoms in total. The van der Waals surface area contributed by atoms with Gasteiger partial charge in [0, 0.05) is 12.6 Å². The second-order valence-electron chi connectivity index (χ2n) is 6.89. The molecular formula is C23H20N6O4. The van der Waals surface area contributed by atoms with E-state index in [1.807, 2.05) is 36.4 Å². The third-order valence-electron chi connectivity index (χ3n) is 4.92. The van der Waals surface area contributed by atoms with E-state index in [0.717, 1.165) is 5.56 Å². The van der Waals surface area contributed by atoms with Crippen molar-refractivity contribution in [2.75, 3.05) is 14.2 Å². The summed E-state index contributed by atoms with van der Waals surface area (Å²) >= 11 is 0. The van der Waals surface area contributed by atoms with Crippen molar-refractivity contribution in [1.82, 2.24) is 30.0 Å². The summed E-state index contributed by atoms with van der Waals surface area (Å²) in [5.41, 5.74) is 1.97. The Morgan fingerprint density at radius 1 is 0.909 bits per heavy atom. The van der Waals surface area contributed by atoms with Crippen molar-refractivity contribution in [3.8, 4) is 5.69 Å². The molecule has 0 aliphatic heterocycles. The predicted molar refractivity (Wildman–Crippen MR) is 118 cm³/mol. The highest BCUT2D eigenvalue weighted by Gasteiger charge is 2.32. The molecule has 2 aromatic carbocycles. The minimum atomic E-state index is -0.731.